The van der Waals surface area contributed by atoms with Crippen LogP contribution in [0.5, 0.6) is 5.88 Å². The molecule has 1 aliphatic carbocycles. The highest BCUT2D eigenvalue weighted by atomic mass is 79.9. The number of pyridine rings is 1. The molecule has 0 atom stereocenters. The van der Waals surface area contributed by atoms with E-state index in [1.165, 1.54) is 0 Å². The first kappa shape index (κ1) is 13.9. The molecule has 0 aliphatic heterocycles. The average Bonchev–Trinajstić information content (AvgIpc) is 2.33. The first-order valence-electron chi connectivity index (χ1n) is 5.69. The molecule has 96 valence electrons. The number of nitrogens with zero attached hydrogens (tertiary/aromatic N) is 1. The van der Waals surface area contributed by atoms with E-state index in [-0.39, 0.29) is 12.2 Å². The second kappa shape index (κ2) is 7.13. The lowest BCUT2D eigenvalue weighted by molar-refractivity contribution is -0.0508. The van der Waals surface area contributed by atoms with E-state index in [2.05, 4.69) is 48.7 Å². The molecule has 5 heteroatoms. The first-order valence-corrected chi connectivity index (χ1v) is 7.61. The molecule has 0 radical (unpaired) electrons. The van der Waals surface area contributed by atoms with Gasteiger partial charge in [-0.15, -0.1) is 0 Å². The molecule has 1 heterocycles. The fourth-order valence-corrected chi connectivity index (χ4v) is 2.04. The van der Waals surface area contributed by atoms with Gasteiger partial charge < -0.3 is 9.47 Å². The van der Waals surface area contributed by atoms with Crippen molar-refractivity contribution in [3.05, 3.63) is 22.8 Å². The van der Waals surface area contributed by atoms with E-state index >= 15 is 0 Å². The zero-order valence-electron chi connectivity index (χ0n) is 9.73. The number of rotatable bonds is 4. The summed E-state index contributed by atoms with van der Waals surface area (Å²) in [5, 5.41) is 0.696. The molecule has 0 N–H and O–H groups in total. The monoisotopic (exact) mass is 373 g/mol. The second-order valence-electron chi connectivity index (χ2n) is 3.95. The Kier molecular flexibility index (Phi) is 5.48. The highest BCUT2D eigenvalue weighted by molar-refractivity contribution is 9.10. The Morgan fingerprint density at radius 2 is 2.11 bits per heavy atom. The van der Waals surface area contributed by atoms with Gasteiger partial charge in [-0.3, -0.25) is 0 Å². The first-order chi connectivity index (χ1) is 8.78. The largest absolute Gasteiger partial charge is 0.474 e. The Morgan fingerprint density at radius 3 is 2.78 bits per heavy atom. The number of halogens is 2. The topological polar surface area (TPSA) is 31.4 Å². The molecule has 3 nitrogen and oxygen atoms in total. The van der Waals surface area contributed by atoms with Crippen LogP contribution in [-0.4, -0.2) is 29.1 Å². The van der Waals surface area contributed by atoms with Crippen LogP contribution in [0.25, 0.3) is 0 Å². The van der Waals surface area contributed by atoms with Gasteiger partial charge in [0.1, 0.15) is 12.7 Å². The smallest absolute Gasteiger partial charge is 0.213 e. The zero-order chi connectivity index (χ0) is 12.8. The van der Waals surface area contributed by atoms with Crippen LogP contribution in [0.2, 0.25) is 0 Å². The molecule has 0 bridgehead atoms. The molecule has 0 amide bonds. The molecule has 18 heavy (non-hydrogen) atoms. The Morgan fingerprint density at radius 1 is 1.28 bits per heavy atom. The van der Waals surface area contributed by atoms with Gasteiger partial charge in [-0.1, -0.05) is 27.8 Å². The van der Waals surface area contributed by atoms with Crippen LogP contribution < -0.4 is 4.74 Å². The van der Waals surface area contributed by atoms with Crippen molar-refractivity contribution < 1.29 is 9.47 Å². The molecule has 0 aromatic carbocycles. The second-order valence-corrected chi connectivity index (χ2v) is 5.42. The number of ether oxygens (including phenoxy) is 2. The lowest BCUT2D eigenvalue weighted by Gasteiger charge is -2.34. The fraction of sp³-hybridized carbons (Fsp3) is 0.462. The lowest BCUT2D eigenvalue weighted by Crippen LogP contribution is -2.39. The minimum absolute atomic E-state index is 0.216. The molecule has 1 fully saturated rings. The maximum atomic E-state index is 5.71. The van der Waals surface area contributed by atoms with Crippen LogP contribution in [0.1, 0.15) is 12.8 Å². The fourth-order valence-electron chi connectivity index (χ4n) is 1.61. The van der Waals surface area contributed by atoms with Gasteiger partial charge in [-0.2, -0.15) is 0 Å². The van der Waals surface area contributed by atoms with Gasteiger partial charge in [-0.05, 0) is 22.0 Å². The van der Waals surface area contributed by atoms with Crippen LogP contribution >= 0.6 is 31.9 Å². The lowest BCUT2D eigenvalue weighted by atomic mass is 9.92. The minimum atomic E-state index is 0.216. The van der Waals surface area contributed by atoms with E-state index in [1.807, 2.05) is 12.1 Å². The molecule has 1 aromatic rings. The van der Waals surface area contributed by atoms with Crippen LogP contribution in [-0.2, 0) is 4.74 Å². The molecular weight excluding hydrogens is 362 g/mol. The highest BCUT2D eigenvalue weighted by Gasteiger charge is 2.31. The van der Waals surface area contributed by atoms with Gasteiger partial charge >= 0.3 is 0 Å². The third-order valence-electron chi connectivity index (χ3n) is 2.62. The maximum Gasteiger partial charge on any atom is 0.213 e. The summed E-state index contributed by atoms with van der Waals surface area (Å²) in [4.78, 5) is 4.17. The number of aromatic nitrogens is 1. The summed E-state index contributed by atoms with van der Waals surface area (Å²) in [6.07, 6.45) is 4.04. The molecular formula is C13H13Br2NO2. The molecule has 0 saturated heterocycles. The van der Waals surface area contributed by atoms with Crippen molar-refractivity contribution in [1.29, 1.82) is 0 Å². The average molecular weight is 375 g/mol. The van der Waals surface area contributed by atoms with Crippen molar-refractivity contribution in [2.45, 2.75) is 25.0 Å². The predicted octanol–water partition coefficient (Wildman–Crippen LogP) is 3.17. The Labute approximate surface area is 124 Å². The van der Waals surface area contributed by atoms with E-state index in [0.29, 0.717) is 17.8 Å². The van der Waals surface area contributed by atoms with Crippen molar-refractivity contribution in [3.63, 3.8) is 0 Å². The Bertz CT molecular complexity index is 433. The Hall–Kier alpha value is -0.570. The van der Waals surface area contributed by atoms with Crippen molar-refractivity contribution in [3.8, 4) is 17.7 Å². The van der Waals surface area contributed by atoms with E-state index < -0.39 is 0 Å². The molecule has 1 aromatic heterocycles. The molecule has 0 spiro atoms. The van der Waals surface area contributed by atoms with E-state index in [0.717, 1.165) is 17.3 Å². The summed E-state index contributed by atoms with van der Waals surface area (Å²) in [6, 6.07) is 3.78. The van der Waals surface area contributed by atoms with Crippen molar-refractivity contribution in [2.24, 2.45) is 0 Å². The summed E-state index contributed by atoms with van der Waals surface area (Å²) < 4.78 is 12.2. The van der Waals surface area contributed by atoms with Crippen LogP contribution in [0.4, 0.5) is 0 Å². The van der Waals surface area contributed by atoms with Gasteiger partial charge in [0, 0.05) is 29.6 Å². The highest BCUT2D eigenvalue weighted by Crippen LogP contribution is 2.27. The number of hydrogen-bond acceptors (Lipinski definition) is 3. The quantitative estimate of drug-likeness (QED) is 0.599. The number of alkyl halides is 1. The molecule has 1 saturated carbocycles. The molecule has 2 rings (SSSR count). The van der Waals surface area contributed by atoms with Gasteiger partial charge in [0.25, 0.3) is 0 Å². The minimum Gasteiger partial charge on any atom is -0.474 e. The van der Waals surface area contributed by atoms with Gasteiger partial charge in [0.2, 0.25) is 5.88 Å². The molecule has 0 unspecified atom stereocenters. The van der Waals surface area contributed by atoms with Crippen molar-refractivity contribution in [1.82, 2.24) is 4.98 Å². The van der Waals surface area contributed by atoms with Gasteiger partial charge in [-0.25, -0.2) is 4.98 Å². The van der Waals surface area contributed by atoms with E-state index in [4.69, 9.17) is 9.47 Å². The van der Waals surface area contributed by atoms with Crippen molar-refractivity contribution >= 4 is 31.9 Å². The van der Waals surface area contributed by atoms with Crippen LogP contribution in [0, 0.1) is 11.8 Å². The third kappa shape index (κ3) is 4.27. The van der Waals surface area contributed by atoms with E-state index in [9.17, 15) is 0 Å². The van der Waals surface area contributed by atoms with Crippen molar-refractivity contribution in [2.75, 3.05) is 11.9 Å². The normalized spacial score (nSPS) is 21.7. The van der Waals surface area contributed by atoms with Crippen LogP contribution in [0.3, 0.4) is 0 Å². The SMILES string of the molecule is BrCC#CCO[C@H]1C[C@H](Oc2ccc(Br)cn2)C1. The number of hydrogen-bond donors (Lipinski definition) is 0. The van der Waals surface area contributed by atoms with Crippen LogP contribution in [0.15, 0.2) is 22.8 Å². The van der Waals surface area contributed by atoms with Gasteiger partial charge in [0.05, 0.1) is 11.4 Å². The standard InChI is InChI=1S/C13H13Br2NO2/c14-5-1-2-6-17-11-7-12(8-11)18-13-4-3-10(15)9-16-13/h3-4,9,11-12H,5-8H2/t11-,12-. The summed E-state index contributed by atoms with van der Waals surface area (Å²) in [5.41, 5.74) is 0. The Balaban J connectivity index is 1.65. The summed E-state index contributed by atoms with van der Waals surface area (Å²) in [7, 11) is 0. The predicted molar refractivity (Wildman–Crippen MR) is 76.9 cm³/mol. The molecule has 1 aliphatic rings. The summed E-state index contributed by atoms with van der Waals surface area (Å²) in [5.74, 6) is 6.50. The summed E-state index contributed by atoms with van der Waals surface area (Å²) in [6.45, 7) is 0.500. The van der Waals surface area contributed by atoms with E-state index in [1.54, 1.807) is 6.20 Å². The van der Waals surface area contributed by atoms with Gasteiger partial charge in [0.15, 0.2) is 0 Å². The summed E-state index contributed by atoms with van der Waals surface area (Å²) >= 11 is 6.58. The third-order valence-corrected chi connectivity index (χ3v) is 3.37. The maximum absolute atomic E-state index is 5.71. The zero-order valence-corrected chi connectivity index (χ0v) is 12.9.